The van der Waals surface area contributed by atoms with Crippen LogP contribution in [0, 0.1) is 6.92 Å². The van der Waals surface area contributed by atoms with Crippen molar-refractivity contribution in [3.8, 4) is 16.9 Å². The average Bonchev–Trinajstić information content (AvgIpc) is 3.11. The number of nitrogens with one attached hydrogen (secondary N) is 1. The zero-order chi connectivity index (χ0) is 17.3. The molecule has 0 atom stereocenters. The minimum atomic E-state index is -0.0782. The van der Waals surface area contributed by atoms with Gasteiger partial charge in [-0.1, -0.05) is 30.4 Å². The Morgan fingerprint density at radius 1 is 1.33 bits per heavy atom. The predicted octanol–water partition coefficient (Wildman–Crippen LogP) is 3.67. The summed E-state index contributed by atoms with van der Waals surface area (Å²) in [6, 6.07) is 9.58. The van der Waals surface area contributed by atoms with E-state index in [0.29, 0.717) is 20.7 Å². The number of nitrogens with zero attached hydrogens (tertiary/aromatic N) is 3. The Kier molecular flexibility index (Phi) is 4.88. The first-order chi connectivity index (χ1) is 11.5. The maximum Gasteiger partial charge on any atom is 0.281 e. The summed E-state index contributed by atoms with van der Waals surface area (Å²) < 4.78 is 4.16. The zero-order valence-electron chi connectivity index (χ0n) is 13.4. The lowest BCUT2D eigenvalue weighted by Crippen LogP contribution is -2.20. The predicted molar refractivity (Wildman–Crippen MR) is 107 cm³/mol. The number of benzene rings is 1. The summed E-state index contributed by atoms with van der Waals surface area (Å²) in [6.07, 6.45) is 1.91. The molecule has 2 aromatic heterocycles. The van der Waals surface area contributed by atoms with Gasteiger partial charge in [0.2, 0.25) is 0 Å². The topological polar surface area (TPSA) is 51.9 Å². The molecule has 3 aromatic rings. The molecule has 0 aliphatic rings. The van der Waals surface area contributed by atoms with Gasteiger partial charge < -0.3 is 5.32 Å². The van der Waals surface area contributed by atoms with Gasteiger partial charge in [0.15, 0.2) is 5.13 Å². The van der Waals surface area contributed by atoms with Gasteiger partial charge in [0, 0.05) is 18.1 Å². The van der Waals surface area contributed by atoms with Crippen LogP contribution in [-0.4, -0.2) is 24.9 Å². The highest BCUT2D eigenvalue weighted by atomic mass is 32.2. The summed E-state index contributed by atoms with van der Waals surface area (Å²) in [7, 11) is 1.88. The molecule has 0 unspecified atom stereocenters. The summed E-state index contributed by atoms with van der Waals surface area (Å²) in [6.45, 7) is 1.93. The van der Waals surface area contributed by atoms with E-state index in [0.717, 1.165) is 11.4 Å². The molecule has 0 fully saturated rings. The molecule has 0 radical (unpaired) electrons. The van der Waals surface area contributed by atoms with Crippen LogP contribution in [0.4, 0.5) is 5.13 Å². The Labute approximate surface area is 153 Å². The molecule has 0 aliphatic carbocycles. The van der Waals surface area contributed by atoms with Crippen LogP contribution < -0.4 is 10.9 Å². The van der Waals surface area contributed by atoms with Crippen LogP contribution in [-0.2, 0) is 7.05 Å². The Morgan fingerprint density at radius 2 is 2.04 bits per heavy atom. The minimum Gasteiger partial charge on any atom is -0.317 e. The molecule has 124 valence electrons. The molecular formula is C16H16N4OS3. The number of hydrogen-bond acceptors (Lipinski definition) is 5. The quantitative estimate of drug-likeness (QED) is 0.707. The molecule has 0 bridgehead atoms. The lowest BCUT2D eigenvalue weighted by molar-refractivity contribution is 0.630. The lowest BCUT2D eigenvalue weighted by Gasteiger charge is -2.07. The van der Waals surface area contributed by atoms with Crippen LogP contribution in [0.25, 0.3) is 16.9 Å². The van der Waals surface area contributed by atoms with E-state index in [-0.39, 0.29) is 5.56 Å². The normalized spacial score (nSPS) is 10.8. The van der Waals surface area contributed by atoms with Crippen LogP contribution >= 0.6 is 35.3 Å². The standard InChI is InChI=1S/C16H16N4OS3/c1-10-13(12-9-24-15(17-12)18-16(22)23-3)14(21)20(19(10)2)11-7-5-4-6-8-11/h4-9H,1-3H3,(H,17,18,22). The number of para-hydroxylation sites is 1. The van der Waals surface area contributed by atoms with Crippen LogP contribution in [0.1, 0.15) is 5.69 Å². The second-order valence-corrected chi connectivity index (χ2v) is 7.43. The van der Waals surface area contributed by atoms with E-state index in [2.05, 4.69) is 10.3 Å². The van der Waals surface area contributed by atoms with Gasteiger partial charge in [-0.2, -0.15) is 0 Å². The number of aromatic nitrogens is 3. The summed E-state index contributed by atoms with van der Waals surface area (Å²) in [5.74, 6) is 0. The van der Waals surface area contributed by atoms with Gasteiger partial charge in [0.05, 0.1) is 16.9 Å². The first-order valence-electron chi connectivity index (χ1n) is 7.18. The molecule has 24 heavy (non-hydrogen) atoms. The zero-order valence-corrected chi connectivity index (χ0v) is 15.9. The van der Waals surface area contributed by atoms with Crippen molar-refractivity contribution >= 4 is 44.8 Å². The van der Waals surface area contributed by atoms with Crippen LogP contribution in [0.2, 0.25) is 0 Å². The SMILES string of the molecule is CSC(=S)Nc1nc(-c2c(C)n(C)n(-c3ccccc3)c2=O)cs1. The van der Waals surface area contributed by atoms with E-state index in [1.165, 1.54) is 23.1 Å². The minimum absolute atomic E-state index is 0.0782. The van der Waals surface area contributed by atoms with E-state index in [9.17, 15) is 4.79 Å². The Balaban J connectivity index is 2.07. The van der Waals surface area contributed by atoms with Gasteiger partial charge in [-0.15, -0.1) is 23.1 Å². The summed E-state index contributed by atoms with van der Waals surface area (Å²) in [5.41, 5.74) is 2.90. The fourth-order valence-corrected chi connectivity index (χ4v) is 3.58. The van der Waals surface area contributed by atoms with Gasteiger partial charge >= 0.3 is 0 Å². The van der Waals surface area contributed by atoms with Crippen molar-refractivity contribution in [2.24, 2.45) is 7.05 Å². The van der Waals surface area contributed by atoms with Crippen LogP contribution in [0.5, 0.6) is 0 Å². The maximum atomic E-state index is 13.0. The fraction of sp³-hybridized carbons (Fsp3) is 0.188. The molecule has 3 rings (SSSR count). The van der Waals surface area contributed by atoms with Crippen molar-refractivity contribution in [3.05, 3.63) is 51.8 Å². The number of thiazole rings is 1. The third-order valence-corrected chi connectivity index (χ3v) is 5.54. The van der Waals surface area contributed by atoms with Gasteiger partial charge in [-0.05, 0) is 25.3 Å². The lowest BCUT2D eigenvalue weighted by atomic mass is 10.2. The first-order valence-corrected chi connectivity index (χ1v) is 9.69. The highest BCUT2D eigenvalue weighted by Crippen LogP contribution is 2.26. The molecule has 1 aromatic carbocycles. The highest BCUT2D eigenvalue weighted by molar-refractivity contribution is 8.22. The Morgan fingerprint density at radius 3 is 2.71 bits per heavy atom. The van der Waals surface area contributed by atoms with Gasteiger partial charge in [-0.25, -0.2) is 9.67 Å². The molecular weight excluding hydrogens is 360 g/mol. The van der Waals surface area contributed by atoms with Gasteiger partial charge in [0.25, 0.3) is 5.56 Å². The molecule has 0 saturated heterocycles. The van der Waals surface area contributed by atoms with E-state index in [4.69, 9.17) is 12.2 Å². The second kappa shape index (κ2) is 6.92. The smallest absolute Gasteiger partial charge is 0.281 e. The Bertz CT molecular complexity index is 940. The van der Waals surface area contributed by atoms with E-state index >= 15 is 0 Å². The molecule has 8 heteroatoms. The summed E-state index contributed by atoms with van der Waals surface area (Å²) in [4.78, 5) is 17.5. The van der Waals surface area contributed by atoms with Crippen molar-refractivity contribution in [3.63, 3.8) is 0 Å². The third kappa shape index (κ3) is 3.04. The van der Waals surface area contributed by atoms with Crippen LogP contribution in [0.3, 0.4) is 0 Å². The molecule has 0 spiro atoms. The van der Waals surface area contributed by atoms with Crippen molar-refractivity contribution in [2.75, 3.05) is 11.6 Å². The molecule has 0 amide bonds. The Hall–Kier alpha value is -1.90. The van der Waals surface area contributed by atoms with Crippen LogP contribution in [0.15, 0.2) is 40.5 Å². The van der Waals surface area contributed by atoms with E-state index in [1.807, 2.05) is 60.6 Å². The molecule has 2 heterocycles. The third-order valence-electron chi connectivity index (χ3n) is 3.71. The van der Waals surface area contributed by atoms with Gasteiger partial charge in [0.1, 0.15) is 4.32 Å². The van der Waals surface area contributed by atoms with Crippen molar-refractivity contribution in [1.29, 1.82) is 0 Å². The molecule has 1 N–H and O–H groups in total. The first kappa shape index (κ1) is 16.9. The summed E-state index contributed by atoms with van der Waals surface area (Å²) >= 11 is 8.04. The summed E-state index contributed by atoms with van der Waals surface area (Å²) in [5, 5.41) is 5.63. The van der Waals surface area contributed by atoms with E-state index in [1.54, 1.807) is 4.68 Å². The maximum absolute atomic E-state index is 13.0. The average molecular weight is 377 g/mol. The number of thiocarbonyl (C=S) groups is 1. The molecule has 5 nitrogen and oxygen atoms in total. The number of thioether (sulfide) groups is 1. The fourth-order valence-electron chi connectivity index (χ4n) is 2.45. The monoisotopic (exact) mass is 376 g/mol. The highest BCUT2D eigenvalue weighted by Gasteiger charge is 2.19. The molecule has 0 aliphatic heterocycles. The van der Waals surface area contributed by atoms with Crippen molar-refractivity contribution in [1.82, 2.24) is 14.3 Å². The largest absolute Gasteiger partial charge is 0.317 e. The van der Waals surface area contributed by atoms with Gasteiger partial charge in [-0.3, -0.25) is 9.48 Å². The van der Waals surface area contributed by atoms with E-state index < -0.39 is 0 Å². The second-order valence-electron chi connectivity index (χ2n) is 5.09. The number of rotatable bonds is 3. The van der Waals surface area contributed by atoms with Crippen molar-refractivity contribution in [2.45, 2.75) is 6.92 Å². The number of anilines is 1. The number of hydrogen-bond donors (Lipinski definition) is 1. The molecule has 0 saturated carbocycles. The van der Waals surface area contributed by atoms with Crippen molar-refractivity contribution < 1.29 is 0 Å².